The zero-order valence-electron chi connectivity index (χ0n) is 20.5. The van der Waals surface area contributed by atoms with Crippen molar-refractivity contribution in [1.82, 2.24) is 0 Å². The zero-order valence-corrected chi connectivity index (χ0v) is 20.5. The molecule has 172 valence electrons. The third-order valence-electron chi connectivity index (χ3n) is 7.06. The molecule has 0 aliphatic carbocycles. The minimum Gasteiger partial charge on any atom is -0.454 e. The van der Waals surface area contributed by atoms with Crippen LogP contribution < -0.4 is 4.57 Å². The van der Waals surface area contributed by atoms with E-state index in [2.05, 4.69) is 91.2 Å². The number of nitrogens with zero attached hydrogens (tertiary/aromatic N) is 2. The first-order valence-electron chi connectivity index (χ1n) is 12.1. The van der Waals surface area contributed by atoms with Crippen LogP contribution in [0.25, 0.3) is 55.4 Å². The van der Waals surface area contributed by atoms with Crippen molar-refractivity contribution in [2.75, 3.05) is 0 Å². The predicted octanol–water partition coefficient (Wildman–Crippen LogP) is 7.90. The Morgan fingerprint density at radius 1 is 0.694 bits per heavy atom. The SMILES string of the molecule is Cc1ccccc1-c1cccc(-c2c(C#N)ccc3c2oc2c(-c4cccc[n+]4C)c(C)ccc23)c1. The lowest BCUT2D eigenvalue weighted by atomic mass is 9.93. The second-order valence-electron chi connectivity index (χ2n) is 9.31. The van der Waals surface area contributed by atoms with Gasteiger partial charge in [-0.1, -0.05) is 54.6 Å². The molecule has 0 N–H and O–H groups in total. The van der Waals surface area contributed by atoms with Crippen molar-refractivity contribution in [2.45, 2.75) is 13.8 Å². The molecule has 3 heteroatoms. The van der Waals surface area contributed by atoms with E-state index >= 15 is 0 Å². The largest absolute Gasteiger partial charge is 0.454 e. The van der Waals surface area contributed by atoms with Crippen LogP contribution in [0.1, 0.15) is 16.7 Å². The van der Waals surface area contributed by atoms with Gasteiger partial charge in [-0.3, -0.25) is 0 Å². The van der Waals surface area contributed by atoms with Gasteiger partial charge < -0.3 is 4.42 Å². The lowest BCUT2D eigenvalue weighted by Crippen LogP contribution is -2.30. The number of nitriles is 1. The van der Waals surface area contributed by atoms with Crippen LogP contribution in [0.4, 0.5) is 0 Å². The number of fused-ring (bicyclic) bond motifs is 3. The lowest BCUT2D eigenvalue weighted by molar-refractivity contribution is -0.660. The summed E-state index contributed by atoms with van der Waals surface area (Å²) < 4.78 is 8.82. The molecule has 0 saturated heterocycles. The standard InChI is InChI=1S/C33H25N2O/c1-21-9-4-5-12-26(21)23-10-8-11-24(19-23)31-25(20-34)15-17-28-27-16-14-22(2)30(32(27)36-33(28)31)29-13-6-7-18-35(29)3/h4-19H,1-3H3/q+1. The molecule has 0 fully saturated rings. The number of hydrogen-bond acceptors (Lipinski definition) is 2. The van der Waals surface area contributed by atoms with Gasteiger partial charge in [0.2, 0.25) is 5.69 Å². The van der Waals surface area contributed by atoms with E-state index < -0.39 is 0 Å². The highest BCUT2D eigenvalue weighted by atomic mass is 16.3. The van der Waals surface area contributed by atoms with Gasteiger partial charge >= 0.3 is 0 Å². The van der Waals surface area contributed by atoms with Crippen LogP contribution in [0.5, 0.6) is 0 Å². The molecule has 6 rings (SSSR count). The smallest absolute Gasteiger partial charge is 0.216 e. The maximum Gasteiger partial charge on any atom is 0.216 e. The summed E-state index contributed by atoms with van der Waals surface area (Å²) in [5.41, 5.74) is 10.8. The highest BCUT2D eigenvalue weighted by Gasteiger charge is 2.23. The molecule has 0 atom stereocenters. The molecule has 6 aromatic rings. The Morgan fingerprint density at radius 3 is 2.19 bits per heavy atom. The first-order valence-corrected chi connectivity index (χ1v) is 12.1. The summed E-state index contributed by atoms with van der Waals surface area (Å²) in [6.07, 6.45) is 2.05. The van der Waals surface area contributed by atoms with E-state index in [1.165, 1.54) is 11.1 Å². The van der Waals surface area contributed by atoms with E-state index in [1.807, 2.05) is 37.5 Å². The third kappa shape index (κ3) is 3.39. The summed E-state index contributed by atoms with van der Waals surface area (Å²) in [5, 5.41) is 12.1. The Balaban J connectivity index is 1.66. The lowest BCUT2D eigenvalue weighted by Gasteiger charge is -2.10. The van der Waals surface area contributed by atoms with Crippen LogP contribution in [0.3, 0.4) is 0 Å². The Hall–Kier alpha value is -4.68. The number of hydrogen-bond donors (Lipinski definition) is 0. The summed E-state index contributed by atoms with van der Waals surface area (Å²) in [5.74, 6) is 0. The quantitative estimate of drug-likeness (QED) is 0.249. The van der Waals surface area contributed by atoms with E-state index in [4.69, 9.17) is 4.42 Å². The van der Waals surface area contributed by atoms with Gasteiger partial charge in [-0.05, 0) is 65.9 Å². The van der Waals surface area contributed by atoms with Crippen LogP contribution in [0.15, 0.2) is 102 Å². The fourth-order valence-corrected chi connectivity index (χ4v) is 5.22. The molecule has 2 aromatic heterocycles. The van der Waals surface area contributed by atoms with E-state index in [1.54, 1.807) is 0 Å². The molecule has 3 nitrogen and oxygen atoms in total. The molecule has 0 unspecified atom stereocenters. The number of aryl methyl sites for hydroxylation is 3. The Morgan fingerprint density at radius 2 is 1.42 bits per heavy atom. The molecule has 2 heterocycles. The first-order chi connectivity index (χ1) is 17.6. The summed E-state index contributed by atoms with van der Waals surface area (Å²) in [4.78, 5) is 0. The van der Waals surface area contributed by atoms with Crippen molar-refractivity contribution >= 4 is 21.9 Å². The Labute approximate surface area is 210 Å². The fourth-order valence-electron chi connectivity index (χ4n) is 5.22. The van der Waals surface area contributed by atoms with Gasteiger partial charge in [0.1, 0.15) is 18.2 Å². The van der Waals surface area contributed by atoms with Crippen molar-refractivity contribution in [3.63, 3.8) is 0 Å². The summed E-state index contributed by atoms with van der Waals surface area (Å²) in [6.45, 7) is 4.23. The highest BCUT2D eigenvalue weighted by Crippen LogP contribution is 2.42. The molecular weight excluding hydrogens is 440 g/mol. The molecule has 0 radical (unpaired) electrons. The summed E-state index contributed by atoms with van der Waals surface area (Å²) in [6, 6.07) is 33.6. The number of pyridine rings is 1. The van der Waals surface area contributed by atoms with Crippen molar-refractivity contribution < 1.29 is 8.98 Å². The second kappa shape index (κ2) is 8.52. The highest BCUT2D eigenvalue weighted by molar-refractivity contribution is 6.14. The van der Waals surface area contributed by atoms with Gasteiger partial charge in [0.25, 0.3) is 0 Å². The third-order valence-corrected chi connectivity index (χ3v) is 7.06. The van der Waals surface area contributed by atoms with Crippen LogP contribution in [0, 0.1) is 25.2 Å². The normalized spacial score (nSPS) is 11.2. The molecule has 4 aromatic carbocycles. The molecule has 0 spiro atoms. The van der Waals surface area contributed by atoms with Crippen molar-refractivity contribution in [3.05, 3.63) is 114 Å². The minimum absolute atomic E-state index is 0.604. The first kappa shape index (κ1) is 21.8. The van der Waals surface area contributed by atoms with Gasteiger partial charge in [0.15, 0.2) is 6.20 Å². The summed E-state index contributed by atoms with van der Waals surface area (Å²) in [7, 11) is 2.05. The molecule has 0 aliphatic rings. The van der Waals surface area contributed by atoms with Crippen molar-refractivity contribution in [3.8, 4) is 39.6 Å². The van der Waals surface area contributed by atoms with Crippen molar-refractivity contribution in [1.29, 1.82) is 5.26 Å². The Bertz CT molecular complexity index is 1840. The second-order valence-corrected chi connectivity index (χ2v) is 9.31. The number of furan rings is 1. The zero-order chi connectivity index (χ0) is 24.8. The van der Waals surface area contributed by atoms with Crippen LogP contribution in [0.2, 0.25) is 0 Å². The molecule has 0 saturated carbocycles. The van der Waals surface area contributed by atoms with Gasteiger partial charge in [0.05, 0.1) is 17.2 Å². The fraction of sp³-hybridized carbons (Fsp3) is 0.0909. The molecule has 0 bridgehead atoms. The van der Waals surface area contributed by atoms with Crippen molar-refractivity contribution in [2.24, 2.45) is 7.05 Å². The minimum atomic E-state index is 0.604. The number of rotatable bonds is 3. The van der Waals surface area contributed by atoms with Gasteiger partial charge in [-0.2, -0.15) is 5.26 Å². The molecule has 36 heavy (non-hydrogen) atoms. The summed E-state index contributed by atoms with van der Waals surface area (Å²) >= 11 is 0. The van der Waals surface area contributed by atoms with Crippen LogP contribution in [-0.2, 0) is 7.05 Å². The van der Waals surface area contributed by atoms with E-state index in [0.717, 1.165) is 55.4 Å². The molecule has 0 amide bonds. The monoisotopic (exact) mass is 465 g/mol. The van der Waals surface area contributed by atoms with E-state index in [0.29, 0.717) is 5.56 Å². The Kier molecular flexibility index (Phi) is 5.16. The molecule has 0 aliphatic heterocycles. The van der Waals surface area contributed by atoms with E-state index in [9.17, 15) is 5.26 Å². The van der Waals surface area contributed by atoms with Gasteiger partial charge in [-0.15, -0.1) is 0 Å². The molecular formula is C33H25N2O+. The van der Waals surface area contributed by atoms with Gasteiger partial charge in [0, 0.05) is 28.5 Å². The topological polar surface area (TPSA) is 40.8 Å². The van der Waals surface area contributed by atoms with Crippen LogP contribution in [-0.4, -0.2) is 0 Å². The number of aromatic nitrogens is 1. The maximum atomic E-state index is 10.1. The average molecular weight is 466 g/mol. The van der Waals surface area contributed by atoms with Gasteiger partial charge in [-0.25, -0.2) is 4.57 Å². The average Bonchev–Trinajstić information content (AvgIpc) is 3.27. The van der Waals surface area contributed by atoms with E-state index in [-0.39, 0.29) is 0 Å². The number of benzene rings is 4. The maximum absolute atomic E-state index is 10.1. The van der Waals surface area contributed by atoms with Crippen LogP contribution >= 0.6 is 0 Å². The predicted molar refractivity (Wildman–Crippen MR) is 145 cm³/mol.